The van der Waals surface area contributed by atoms with Crippen molar-refractivity contribution in [2.45, 2.75) is 26.0 Å². The molecule has 0 fully saturated rings. The Labute approximate surface area is 130 Å². The summed E-state index contributed by atoms with van der Waals surface area (Å²) < 4.78 is 15.9. The van der Waals surface area contributed by atoms with Crippen molar-refractivity contribution in [1.82, 2.24) is 5.32 Å². The predicted molar refractivity (Wildman–Crippen MR) is 81.9 cm³/mol. The first-order valence-electron chi connectivity index (χ1n) is 6.78. The smallest absolute Gasteiger partial charge is 0.184 e. The third-order valence-corrected chi connectivity index (χ3v) is 3.16. The SMILES string of the molecule is CCC(C#N)Oc1c(Cl)cc(CNCCOC)cc1OC. The summed E-state index contributed by atoms with van der Waals surface area (Å²) in [6.07, 6.45) is 0.0399. The molecule has 116 valence electrons. The number of rotatable bonds is 9. The molecule has 1 atom stereocenters. The molecule has 0 amide bonds. The molecule has 1 aromatic rings. The Kier molecular flexibility index (Phi) is 7.91. The van der Waals surface area contributed by atoms with Gasteiger partial charge < -0.3 is 19.5 Å². The summed E-state index contributed by atoms with van der Waals surface area (Å²) in [6.45, 7) is 3.92. The minimum absolute atomic E-state index is 0.410. The molecule has 0 heterocycles. The van der Waals surface area contributed by atoms with Crippen LogP contribution < -0.4 is 14.8 Å². The highest BCUT2D eigenvalue weighted by molar-refractivity contribution is 6.32. The highest BCUT2D eigenvalue weighted by Gasteiger charge is 2.16. The summed E-state index contributed by atoms with van der Waals surface area (Å²) in [7, 11) is 3.21. The highest BCUT2D eigenvalue weighted by Crippen LogP contribution is 2.37. The van der Waals surface area contributed by atoms with Gasteiger partial charge in [-0.1, -0.05) is 18.5 Å². The highest BCUT2D eigenvalue weighted by atomic mass is 35.5. The number of hydrogen-bond donors (Lipinski definition) is 1. The molecule has 0 aliphatic rings. The Morgan fingerprint density at radius 2 is 2.14 bits per heavy atom. The van der Waals surface area contributed by atoms with Crippen molar-refractivity contribution >= 4 is 11.6 Å². The van der Waals surface area contributed by atoms with Crippen LogP contribution in [0.25, 0.3) is 0 Å². The minimum Gasteiger partial charge on any atom is -0.493 e. The van der Waals surface area contributed by atoms with Gasteiger partial charge in [0.2, 0.25) is 0 Å². The fraction of sp³-hybridized carbons (Fsp3) is 0.533. The average molecular weight is 313 g/mol. The molecular formula is C15H21ClN2O3. The Balaban J connectivity index is 2.84. The normalized spacial score (nSPS) is 11.8. The van der Waals surface area contributed by atoms with Crippen LogP contribution in [0.15, 0.2) is 12.1 Å². The maximum atomic E-state index is 8.98. The summed E-state index contributed by atoms with van der Waals surface area (Å²) in [5, 5.41) is 12.7. The number of nitriles is 1. The van der Waals surface area contributed by atoms with Crippen LogP contribution in [0, 0.1) is 11.3 Å². The van der Waals surface area contributed by atoms with E-state index in [9.17, 15) is 0 Å². The molecule has 1 unspecified atom stereocenters. The number of nitrogens with one attached hydrogen (secondary N) is 1. The molecule has 0 saturated heterocycles. The third-order valence-electron chi connectivity index (χ3n) is 2.88. The second-order valence-corrected chi connectivity index (χ2v) is 4.83. The summed E-state index contributed by atoms with van der Waals surface area (Å²) in [4.78, 5) is 0. The van der Waals surface area contributed by atoms with E-state index < -0.39 is 6.10 Å². The summed E-state index contributed by atoms with van der Waals surface area (Å²) in [5.41, 5.74) is 0.977. The first-order valence-corrected chi connectivity index (χ1v) is 7.16. The molecule has 0 saturated carbocycles. The van der Waals surface area contributed by atoms with Gasteiger partial charge in [0.15, 0.2) is 17.6 Å². The van der Waals surface area contributed by atoms with Crippen molar-refractivity contribution in [2.75, 3.05) is 27.4 Å². The van der Waals surface area contributed by atoms with Gasteiger partial charge >= 0.3 is 0 Å². The second kappa shape index (κ2) is 9.46. The van der Waals surface area contributed by atoms with E-state index in [4.69, 9.17) is 31.1 Å². The lowest BCUT2D eigenvalue weighted by Crippen LogP contribution is -2.18. The molecule has 0 bridgehead atoms. The average Bonchev–Trinajstić information content (AvgIpc) is 2.50. The van der Waals surface area contributed by atoms with Gasteiger partial charge in [-0.3, -0.25) is 0 Å². The van der Waals surface area contributed by atoms with Gasteiger partial charge in [-0.25, -0.2) is 0 Å². The molecule has 0 aliphatic heterocycles. The van der Waals surface area contributed by atoms with Gasteiger partial charge in [0.05, 0.1) is 18.7 Å². The zero-order valence-corrected chi connectivity index (χ0v) is 13.4. The fourth-order valence-corrected chi connectivity index (χ4v) is 2.02. The first-order chi connectivity index (χ1) is 10.2. The number of nitrogens with zero attached hydrogens (tertiary/aromatic N) is 1. The molecule has 0 radical (unpaired) electrons. The van der Waals surface area contributed by atoms with Gasteiger partial charge in [0.25, 0.3) is 0 Å². The lowest BCUT2D eigenvalue weighted by atomic mass is 10.2. The van der Waals surface area contributed by atoms with Crippen molar-refractivity contribution in [1.29, 1.82) is 5.26 Å². The number of halogens is 1. The van der Waals surface area contributed by atoms with Crippen molar-refractivity contribution in [3.63, 3.8) is 0 Å². The Morgan fingerprint density at radius 1 is 1.38 bits per heavy atom. The Hall–Kier alpha value is -1.48. The van der Waals surface area contributed by atoms with Gasteiger partial charge in [-0.05, 0) is 24.1 Å². The number of ether oxygens (including phenoxy) is 3. The Morgan fingerprint density at radius 3 is 2.71 bits per heavy atom. The predicted octanol–water partition coefficient (Wildman–Crippen LogP) is 2.77. The van der Waals surface area contributed by atoms with Crippen LogP contribution in [0.5, 0.6) is 11.5 Å². The van der Waals surface area contributed by atoms with E-state index in [-0.39, 0.29) is 0 Å². The molecule has 6 heteroatoms. The summed E-state index contributed by atoms with van der Waals surface area (Å²) >= 11 is 6.24. The largest absolute Gasteiger partial charge is 0.493 e. The maximum absolute atomic E-state index is 8.98. The maximum Gasteiger partial charge on any atom is 0.184 e. The topological polar surface area (TPSA) is 63.5 Å². The molecular weight excluding hydrogens is 292 g/mol. The molecule has 0 aliphatic carbocycles. The zero-order valence-electron chi connectivity index (χ0n) is 12.6. The van der Waals surface area contributed by atoms with Gasteiger partial charge in [-0.2, -0.15) is 5.26 Å². The molecule has 0 spiro atoms. The number of methoxy groups -OCH3 is 2. The van der Waals surface area contributed by atoms with Gasteiger partial charge in [0.1, 0.15) is 6.07 Å². The van der Waals surface area contributed by atoms with E-state index in [1.165, 1.54) is 0 Å². The lowest BCUT2D eigenvalue weighted by molar-refractivity contribution is 0.199. The van der Waals surface area contributed by atoms with E-state index >= 15 is 0 Å². The Bertz CT molecular complexity index is 489. The minimum atomic E-state index is -0.540. The van der Waals surface area contributed by atoms with Crippen LogP contribution in [0.2, 0.25) is 5.02 Å². The van der Waals surface area contributed by atoms with Crippen LogP contribution in [-0.2, 0) is 11.3 Å². The zero-order chi connectivity index (χ0) is 15.7. The van der Waals surface area contributed by atoms with E-state index in [0.29, 0.717) is 36.1 Å². The van der Waals surface area contributed by atoms with Gasteiger partial charge in [0, 0.05) is 20.2 Å². The number of hydrogen-bond acceptors (Lipinski definition) is 5. The number of benzene rings is 1. The molecule has 21 heavy (non-hydrogen) atoms. The summed E-state index contributed by atoms with van der Waals surface area (Å²) in [6, 6.07) is 5.74. The van der Waals surface area contributed by atoms with Crippen LogP contribution in [0.1, 0.15) is 18.9 Å². The van der Waals surface area contributed by atoms with Crippen molar-refractivity contribution in [3.8, 4) is 17.6 Å². The molecule has 1 rings (SSSR count). The standard InChI is InChI=1S/C15H21ClN2O3/c1-4-12(9-17)21-15-13(16)7-11(8-14(15)20-3)10-18-5-6-19-2/h7-8,12,18H,4-6,10H2,1-3H3. The molecule has 1 N–H and O–H groups in total. The van der Waals surface area contributed by atoms with E-state index in [0.717, 1.165) is 12.1 Å². The fourth-order valence-electron chi connectivity index (χ4n) is 1.74. The van der Waals surface area contributed by atoms with Gasteiger partial charge in [-0.15, -0.1) is 0 Å². The van der Waals surface area contributed by atoms with Crippen LogP contribution >= 0.6 is 11.6 Å². The van der Waals surface area contributed by atoms with Crippen molar-refractivity contribution in [3.05, 3.63) is 22.7 Å². The van der Waals surface area contributed by atoms with E-state index in [1.807, 2.05) is 19.1 Å². The van der Waals surface area contributed by atoms with E-state index in [2.05, 4.69) is 11.4 Å². The first kappa shape index (κ1) is 17.6. The van der Waals surface area contributed by atoms with Crippen LogP contribution in [0.3, 0.4) is 0 Å². The van der Waals surface area contributed by atoms with Crippen LogP contribution in [0.4, 0.5) is 0 Å². The third kappa shape index (κ3) is 5.43. The quantitative estimate of drug-likeness (QED) is 0.710. The van der Waals surface area contributed by atoms with Crippen molar-refractivity contribution in [2.24, 2.45) is 0 Å². The van der Waals surface area contributed by atoms with Crippen LogP contribution in [-0.4, -0.2) is 33.5 Å². The lowest BCUT2D eigenvalue weighted by Gasteiger charge is -2.16. The molecule has 0 aromatic heterocycles. The second-order valence-electron chi connectivity index (χ2n) is 4.42. The van der Waals surface area contributed by atoms with Crippen molar-refractivity contribution < 1.29 is 14.2 Å². The molecule has 5 nitrogen and oxygen atoms in total. The summed E-state index contributed by atoms with van der Waals surface area (Å²) in [5.74, 6) is 0.938. The van der Waals surface area contributed by atoms with E-state index in [1.54, 1.807) is 14.2 Å². The monoisotopic (exact) mass is 312 g/mol. The molecule has 1 aromatic carbocycles.